The molecule has 2 rings (SSSR count). The van der Waals surface area contributed by atoms with Crippen molar-refractivity contribution >= 4 is 17.3 Å². The maximum absolute atomic E-state index is 4.22. The van der Waals surface area contributed by atoms with Crippen molar-refractivity contribution in [1.29, 1.82) is 0 Å². The normalized spacial score (nSPS) is 11.6. The van der Waals surface area contributed by atoms with Crippen LogP contribution in [0.25, 0.3) is 0 Å². The third-order valence-electron chi connectivity index (χ3n) is 2.88. The molecule has 6 heteroatoms. The van der Waals surface area contributed by atoms with Crippen LogP contribution in [-0.2, 0) is 13.0 Å². The Balaban J connectivity index is 1.58. The molecule has 0 aliphatic carbocycles. The van der Waals surface area contributed by atoms with Crippen molar-refractivity contribution in [1.82, 2.24) is 20.4 Å². The van der Waals surface area contributed by atoms with Crippen LogP contribution in [0, 0.1) is 0 Å². The number of aromatic nitrogens is 2. The van der Waals surface area contributed by atoms with Gasteiger partial charge in [0.2, 0.25) is 0 Å². The number of nitrogens with zero attached hydrogens (tertiary/aromatic N) is 3. The predicted molar refractivity (Wildman–Crippen MR) is 84.2 cm³/mol. The van der Waals surface area contributed by atoms with E-state index >= 15 is 0 Å². The fourth-order valence-corrected chi connectivity index (χ4v) is 2.57. The molecule has 0 radical (unpaired) electrons. The van der Waals surface area contributed by atoms with Gasteiger partial charge in [0.1, 0.15) is 0 Å². The summed E-state index contributed by atoms with van der Waals surface area (Å²) in [5, 5.41) is 12.9. The van der Waals surface area contributed by atoms with Crippen molar-refractivity contribution in [2.45, 2.75) is 19.4 Å². The zero-order chi connectivity index (χ0) is 14.0. The summed E-state index contributed by atoms with van der Waals surface area (Å²) in [6.07, 6.45) is 5.84. The van der Waals surface area contributed by atoms with Gasteiger partial charge >= 0.3 is 0 Å². The molecule has 2 aromatic heterocycles. The van der Waals surface area contributed by atoms with E-state index in [1.165, 1.54) is 4.88 Å². The number of hydrogen-bond acceptors (Lipinski definition) is 3. The molecular weight excluding hydrogens is 270 g/mol. The minimum atomic E-state index is 0.863. The van der Waals surface area contributed by atoms with Gasteiger partial charge in [0.05, 0.1) is 0 Å². The Bertz CT molecular complexity index is 490. The van der Waals surface area contributed by atoms with E-state index in [4.69, 9.17) is 0 Å². The fraction of sp³-hybridized carbons (Fsp3) is 0.429. The average Bonchev–Trinajstić information content (AvgIpc) is 3.14. The number of guanidine groups is 1. The van der Waals surface area contributed by atoms with Crippen LogP contribution in [0.2, 0.25) is 0 Å². The first-order chi connectivity index (χ1) is 9.88. The van der Waals surface area contributed by atoms with Crippen molar-refractivity contribution in [3.05, 3.63) is 40.8 Å². The summed E-state index contributed by atoms with van der Waals surface area (Å²) in [4.78, 5) is 5.61. The minimum absolute atomic E-state index is 0.863. The highest BCUT2D eigenvalue weighted by atomic mass is 32.1. The van der Waals surface area contributed by atoms with Crippen LogP contribution in [0.1, 0.15) is 11.3 Å². The number of nitrogens with one attached hydrogen (secondary N) is 2. The maximum Gasteiger partial charge on any atom is 0.190 e. The number of thiophene rings is 1. The molecule has 0 aliphatic rings. The van der Waals surface area contributed by atoms with Gasteiger partial charge in [-0.05, 0) is 30.4 Å². The van der Waals surface area contributed by atoms with E-state index in [9.17, 15) is 0 Å². The topological polar surface area (TPSA) is 54.2 Å². The molecule has 2 heterocycles. The minimum Gasteiger partial charge on any atom is -0.356 e. The van der Waals surface area contributed by atoms with Crippen LogP contribution < -0.4 is 10.6 Å². The van der Waals surface area contributed by atoms with Gasteiger partial charge in [0.25, 0.3) is 0 Å². The van der Waals surface area contributed by atoms with Crippen molar-refractivity contribution in [2.24, 2.45) is 4.99 Å². The molecule has 0 amide bonds. The lowest BCUT2D eigenvalue weighted by Crippen LogP contribution is -2.38. The fourth-order valence-electron chi connectivity index (χ4n) is 1.86. The van der Waals surface area contributed by atoms with E-state index < -0.39 is 0 Å². The third kappa shape index (κ3) is 5.05. The molecule has 2 N–H and O–H groups in total. The van der Waals surface area contributed by atoms with Crippen LogP contribution >= 0.6 is 11.3 Å². The molecule has 0 unspecified atom stereocenters. The molecule has 108 valence electrons. The number of hydrogen-bond donors (Lipinski definition) is 2. The highest BCUT2D eigenvalue weighted by Gasteiger charge is 1.98. The predicted octanol–water partition coefficient (Wildman–Crippen LogP) is 1.74. The number of aryl methyl sites for hydroxylation is 1. The Morgan fingerprint density at radius 3 is 2.95 bits per heavy atom. The molecule has 0 fully saturated rings. The highest BCUT2D eigenvalue weighted by molar-refractivity contribution is 7.09. The molecular formula is C14H21N5S. The monoisotopic (exact) mass is 291 g/mol. The van der Waals surface area contributed by atoms with Gasteiger partial charge in [0, 0.05) is 44.0 Å². The number of rotatable bonds is 7. The summed E-state index contributed by atoms with van der Waals surface area (Å²) < 4.78 is 1.94. The first kappa shape index (κ1) is 14.6. The van der Waals surface area contributed by atoms with Gasteiger partial charge in [-0.15, -0.1) is 11.3 Å². The van der Waals surface area contributed by atoms with Gasteiger partial charge in [-0.3, -0.25) is 9.67 Å². The van der Waals surface area contributed by atoms with Gasteiger partial charge < -0.3 is 10.6 Å². The number of aliphatic imine (C=N–C) groups is 1. The molecule has 0 aromatic carbocycles. The van der Waals surface area contributed by atoms with E-state index in [-0.39, 0.29) is 0 Å². The van der Waals surface area contributed by atoms with E-state index in [0.29, 0.717) is 0 Å². The lowest BCUT2D eigenvalue weighted by molar-refractivity contribution is 0.570. The Morgan fingerprint density at radius 1 is 1.35 bits per heavy atom. The molecule has 2 aromatic rings. The first-order valence-corrected chi connectivity index (χ1v) is 7.71. The van der Waals surface area contributed by atoms with Crippen LogP contribution in [0.15, 0.2) is 41.0 Å². The molecule has 0 saturated carbocycles. The Hall–Kier alpha value is -1.82. The second-order valence-corrected chi connectivity index (χ2v) is 5.41. The summed E-state index contributed by atoms with van der Waals surface area (Å²) >= 11 is 1.79. The summed E-state index contributed by atoms with van der Waals surface area (Å²) in [6, 6.07) is 6.19. The van der Waals surface area contributed by atoms with Crippen LogP contribution in [0.4, 0.5) is 0 Å². The second-order valence-electron chi connectivity index (χ2n) is 4.38. The molecule has 20 heavy (non-hydrogen) atoms. The molecule has 0 atom stereocenters. The summed E-state index contributed by atoms with van der Waals surface area (Å²) in [5.41, 5.74) is 0. The Morgan fingerprint density at radius 2 is 2.25 bits per heavy atom. The maximum atomic E-state index is 4.22. The van der Waals surface area contributed by atoms with Crippen molar-refractivity contribution < 1.29 is 0 Å². The zero-order valence-electron chi connectivity index (χ0n) is 11.7. The summed E-state index contributed by atoms with van der Waals surface area (Å²) in [7, 11) is 1.80. The van der Waals surface area contributed by atoms with Crippen LogP contribution in [0.3, 0.4) is 0 Å². The second kappa shape index (κ2) is 8.37. The Labute approximate surface area is 123 Å². The first-order valence-electron chi connectivity index (χ1n) is 6.83. The summed E-state index contributed by atoms with van der Waals surface area (Å²) in [6.45, 7) is 2.71. The lowest BCUT2D eigenvalue weighted by Gasteiger charge is -2.11. The quantitative estimate of drug-likeness (QED) is 0.464. The largest absolute Gasteiger partial charge is 0.356 e. The van der Waals surface area contributed by atoms with Gasteiger partial charge in [-0.1, -0.05) is 6.07 Å². The average molecular weight is 291 g/mol. The van der Waals surface area contributed by atoms with Gasteiger partial charge in [-0.2, -0.15) is 5.10 Å². The van der Waals surface area contributed by atoms with E-state index in [1.807, 2.05) is 16.9 Å². The SMILES string of the molecule is CN=C(NCCCn1cccn1)NCCc1cccs1. The third-order valence-corrected chi connectivity index (χ3v) is 3.82. The molecule has 0 saturated heterocycles. The van der Waals surface area contributed by atoms with E-state index in [2.05, 4.69) is 38.2 Å². The van der Waals surface area contributed by atoms with Crippen LogP contribution in [-0.4, -0.2) is 35.9 Å². The van der Waals surface area contributed by atoms with Crippen molar-refractivity contribution in [3.63, 3.8) is 0 Å². The highest BCUT2D eigenvalue weighted by Crippen LogP contribution is 2.07. The molecule has 0 spiro atoms. The van der Waals surface area contributed by atoms with Gasteiger partial charge in [0.15, 0.2) is 5.96 Å². The van der Waals surface area contributed by atoms with Gasteiger partial charge in [-0.25, -0.2) is 0 Å². The molecule has 0 bridgehead atoms. The molecule has 0 aliphatic heterocycles. The standard InChI is InChI=1S/C14H21N5S/c1-15-14(17-9-6-13-5-2-12-20-13)16-7-3-10-19-11-4-8-18-19/h2,4-5,8,11-12H,3,6-7,9-10H2,1H3,(H2,15,16,17). The lowest BCUT2D eigenvalue weighted by atomic mass is 10.3. The van der Waals surface area contributed by atoms with E-state index in [0.717, 1.165) is 38.4 Å². The van der Waals surface area contributed by atoms with Crippen molar-refractivity contribution in [3.8, 4) is 0 Å². The molecule has 5 nitrogen and oxygen atoms in total. The van der Waals surface area contributed by atoms with Crippen LogP contribution in [0.5, 0.6) is 0 Å². The van der Waals surface area contributed by atoms with Crippen molar-refractivity contribution in [2.75, 3.05) is 20.1 Å². The Kier molecular flexibility index (Phi) is 6.10. The summed E-state index contributed by atoms with van der Waals surface area (Å²) in [5.74, 6) is 0.863. The van der Waals surface area contributed by atoms with E-state index in [1.54, 1.807) is 24.6 Å². The zero-order valence-corrected chi connectivity index (χ0v) is 12.6. The smallest absolute Gasteiger partial charge is 0.190 e.